The van der Waals surface area contributed by atoms with E-state index in [1.807, 2.05) is 16.8 Å². The summed E-state index contributed by atoms with van der Waals surface area (Å²) in [6.45, 7) is 0.619. The molecular formula is C12H14N4O. The van der Waals surface area contributed by atoms with E-state index in [2.05, 4.69) is 10.3 Å². The molecule has 2 aromatic rings. The van der Waals surface area contributed by atoms with Crippen molar-refractivity contribution in [3.63, 3.8) is 0 Å². The lowest BCUT2D eigenvalue weighted by Gasteiger charge is -2.06. The highest BCUT2D eigenvalue weighted by atomic mass is 16.1. The third kappa shape index (κ3) is 3.34. The van der Waals surface area contributed by atoms with Gasteiger partial charge in [-0.15, -0.1) is 0 Å². The van der Waals surface area contributed by atoms with Gasteiger partial charge in [0.15, 0.2) is 0 Å². The number of rotatable bonds is 4. The molecule has 1 heterocycles. The molecule has 0 atom stereocenters. The predicted octanol–water partition coefficient (Wildman–Crippen LogP) is 1.49. The number of amides is 1. The molecule has 5 nitrogen and oxygen atoms in total. The Morgan fingerprint density at radius 2 is 2.35 bits per heavy atom. The van der Waals surface area contributed by atoms with Crippen LogP contribution in [0.4, 0.5) is 11.4 Å². The van der Waals surface area contributed by atoms with E-state index in [1.165, 1.54) is 0 Å². The summed E-state index contributed by atoms with van der Waals surface area (Å²) in [4.78, 5) is 15.5. The van der Waals surface area contributed by atoms with Crippen molar-refractivity contribution < 1.29 is 4.79 Å². The normalized spacial score (nSPS) is 10.1. The minimum absolute atomic E-state index is 0.0377. The highest BCUT2D eigenvalue weighted by Crippen LogP contribution is 2.11. The van der Waals surface area contributed by atoms with Crippen LogP contribution in [0.5, 0.6) is 0 Å². The first-order valence-electron chi connectivity index (χ1n) is 5.35. The predicted molar refractivity (Wildman–Crippen MR) is 66.3 cm³/mol. The lowest BCUT2D eigenvalue weighted by atomic mass is 10.2. The van der Waals surface area contributed by atoms with E-state index in [9.17, 15) is 4.79 Å². The van der Waals surface area contributed by atoms with Crippen LogP contribution in [0.15, 0.2) is 43.0 Å². The second kappa shape index (κ2) is 5.16. The van der Waals surface area contributed by atoms with Crippen LogP contribution in [0.3, 0.4) is 0 Å². The fourth-order valence-electron chi connectivity index (χ4n) is 1.49. The maximum atomic E-state index is 11.6. The van der Waals surface area contributed by atoms with Crippen molar-refractivity contribution in [3.05, 3.63) is 43.0 Å². The maximum Gasteiger partial charge on any atom is 0.226 e. The first-order chi connectivity index (χ1) is 8.24. The van der Waals surface area contributed by atoms with E-state index in [0.717, 1.165) is 5.69 Å². The number of anilines is 2. The molecule has 0 bridgehead atoms. The van der Waals surface area contributed by atoms with Crippen molar-refractivity contribution in [2.24, 2.45) is 0 Å². The number of hydrogen-bond acceptors (Lipinski definition) is 3. The van der Waals surface area contributed by atoms with Gasteiger partial charge in [0.25, 0.3) is 0 Å². The highest BCUT2D eigenvalue weighted by Gasteiger charge is 2.02. The van der Waals surface area contributed by atoms with Crippen molar-refractivity contribution in [2.45, 2.75) is 13.0 Å². The Hall–Kier alpha value is -2.30. The molecule has 2 rings (SSSR count). The average Bonchev–Trinajstić information content (AvgIpc) is 2.79. The molecule has 0 fully saturated rings. The minimum Gasteiger partial charge on any atom is -0.399 e. The summed E-state index contributed by atoms with van der Waals surface area (Å²) in [5.41, 5.74) is 6.98. The summed E-state index contributed by atoms with van der Waals surface area (Å²) in [7, 11) is 0. The molecule has 0 aliphatic rings. The van der Waals surface area contributed by atoms with Gasteiger partial charge in [0, 0.05) is 36.7 Å². The molecule has 5 heteroatoms. The fraction of sp³-hybridized carbons (Fsp3) is 0.167. The van der Waals surface area contributed by atoms with Crippen LogP contribution >= 0.6 is 0 Å². The Bertz CT molecular complexity index is 493. The van der Waals surface area contributed by atoms with Gasteiger partial charge in [-0.2, -0.15) is 0 Å². The minimum atomic E-state index is -0.0377. The number of aryl methyl sites for hydroxylation is 1. The Balaban J connectivity index is 1.85. The molecule has 17 heavy (non-hydrogen) atoms. The molecule has 0 aliphatic heterocycles. The summed E-state index contributed by atoms with van der Waals surface area (Å²) in [5.74, 6) is -0.0377. The lowest BCUT2D eigenvalue weighted by molar-refractivity contribution is -0.116. The van der Waals surface area contributed by atoms with Gasteiger partial charge in [-0.25, -0.2) is 4.98 Å². The van der Waals surface area contributed by atoms with Gasteiger partial charge in [0.1, 0.15) is 0 Å². The fourth-order valence-corrected chi connectivity index (χ4v) is 1.49. The number of hydrogen-bond donors (Lipinski definition) is 2. The van der Waals surface area contributed by atoms with Gasteiger partial charge in [0.05, 0.1) is 6.33 Å². The molecule has 3 N–H and O–H groups in total. The number of nitrogens with zero attached hydrogens (tertiary/aromatic N) is 2. The summed E-state index contributed by atoms with van der Waals surface area (Å²) < 4.78 is 1.86. The van der Waals surface area contributed by atoms with Crippen molar-refractivity contribution in [1.82, 2.24) is 9.55 Å². The van der Waals surface area contributed by atoms with Gasteiger partial charge >= 0.3 is 0 Å². The van der Waals surface area contributed by atoms with Crippen molar-refractivity contribution in [2.75, 3.05) is 11.1 Å². The van der Waals surface area contributed by atoms with Crippen LogP contribution in [0.1, 0.15) is 6.42 Å². The Labute approximate surface area is 99.3 Å². The number of nitrogens with one attached hydrogen (secondary N) is 1. The number of aromatic nitrogens is 2. The highest BCUT2D eigenvalue weighted by molar-refractivity contribution is 5.91. The van der Waals surface area contributed by atoms with E-state index >= 15 is 0 Å². The quantitative estimate of drug-likeness (QED) is 0.782. The Kier molecular flexibility index (Phi) is 3.40. The van der Waals surface area contributed by atoms with Crippen LogP contribution in [0, 0.1) is 0 Å². The summed E-state index contributed by atoms with van der Waals surface area (Å²) in [6.07, 6.45) is 5.61. The molecule has 0 aliphatic carbocycles. The molecule has 1 aromatic carbocycles. The summed E-state index contributed by atoms with van der Waals surface area (Å²) in [5, 5.41) is 2.79. The first kappa shape index (κ1) is 11.2. The lowest BCUT2D eigenvalue weighted by Crippen LogP contribution is -2.14. The number of nitrogen functional groups attached to an aromatic ring is 1. The zero-order valence-corrected chi connectivity index (χ0v) is 9.34. The topological polar surface area (TPSA) is 72.9 Å². The van der Waals surface area contributed by atoms with Crippen molar-refractivity contribution in [1.29, 1.82) is 0 Å². The van der Waals surface area contributed by atoms with Crippen LogP contribution in [-0.2, 0) is 11.3 Å². The second-order valence-corrected chi connectivity index (χ2v) is 3.72. The van der Waals surface area contributed by atoms with E-state index < -0.39 is 0 Å². The van der Waals surface area contributed by atoms with Gasteiger partial charge in [-0.1, -0.05) is 6.07 Å². The molecule has 0 spiro atoms. The largest absolute Gasteiger partial charge is 0.399 e. The van der Waals surface area contributed by atoms with Crippen LogP contribution < -0.4 is 11.1 Å². The monoisotopic (exact) mass is 230 g/mol. The molecule has 1 amide bonds. The molecular weight excluding hydrogens is 216 g/mol. The number of imidazole rings is 1. The molecule has 1 aromatic heterocycles. The number of benzene rings is 1. The van der Waals surface area contributed by atoms with Gasteiger partial charge in [-0.05, 0) is 18.2 Å². The zero-order chi connectivity index (χ0) is 12.1. The van der Waals surface area contributed by atoms with Crippen LogP contribution in [-0.4, -0.2) is 15.5 Å². The van der Waals surface area contributed by atoms with Crippen molar-refractivity contribution in [3.8, 4) is 0 Å². The number of carbonyl (C=O) groups excluding carboxylic acids is 1. The standard InChI is InChI=1S/C12H14N4O/c13-10-2-1-3-11(8-10)15-12(17)4-6-16-7-5-14-9-16/h1-3,5,7-9H,4,6,13H2,(H,15,17). The first-order valence-corrected chi connectivity index (χ1v) is 5.35. The number of carbonyl (C=O) groups is 1. The van der Waals surface area contributed by atoms with E-state index in [0.29, 0.717) is 18.7 Å². The third-order valence-corrected chi connectivity index (χ3v) is 2.33. The molecule has 0 unspecified atom stereocenters. The van der Waals surface area contributed by atoms with Gasteiger partial charge < -0.3 is 15.6 Å². The molecule has 0 radical (unpaired) electrons. The second-order valence-electron chi connectivity index (χ2n) is 3.72. The Morgan fingerprint density at radius 1 is 1.47 bits per heavy atom. The van der Waals surface area contributed by atoms with Gasteiger partial charge in [0.2, 0.25) is 5.91 Å². The maximum absolute atomic E-state index is 11.6. The summed E-state index contributed by atoms with van der Waals surface area (Å²) in [6, 6.07) is 7.13. The number of nitrogens with two attached hydrogens (primary N) is 1. The zero-order valence-electron chi connectivity index (χ0n) is 9.34. The molecule has 0 saturated carbocycles. The average molecular weight is 230 g/mol. The van der Waals surface area contributed by atoms with E-state index in [-0.39, 0.29) is 5.91 Å². The van der Waals surface area contributed by atoms with Crippen molar-refractivity contribution >= 4 is 17.3 Å². The molecule has 88 valence electrons. The van der Waals surface area contributed by atoms with E-state index in [1.54, 1.807) is 30.7 Å². The van der Waals surface area contributed by atoms with Crippen LogP contribution in [0.2, 0.25) is 0 Å². The summed E-state index contributed by atoms with van der Waals surface area (Å²) >= 11 is 0. The van der Waals surface area contributed by atoms with E-state index in [4.69, 9.17) is 5.73 Å². The smallest absolute Gasteiger partial charge is 0.226 e. The Morgan fingerprint density at radius 3 is 3.06 bits per heavy atom. The van der Waals surface area contributed by atoms with Crippen LogP contribution in [0.25, 0.3) is 0 Å². The SMILES string of the molecule is Nc1cccc(NC(=O)CCn2ccnc2)c1. The third-order valence-electron chi connectivity index (χ3n) is 2.33. The molecule has 0 saturated heterocycles. The van der Waals surface area contributed by atoms with Gasteiger partial charge in [-0.3, -0.25) is 4.79 Å².